The number of nitrogens with one attached hydrogen (secondary N) is 1. The topological polar surface area (TPSA) is 29.1 Å². The van der Waals surface area contributed by atoms with E-state index in [0.717, 1.165) is 13.0 Å². The highest BCUT2D eigenvalue weighted by Gasteiger charge is 2.14. The van der Waals surface area contributed by atoms with Crippen LogP contribution in [0.3, 0.4) is 0 Å². The van der Waals surface area contributed by atoms with Gasteiger partial charge in [-0.25, -0.2) is 0 Å². The van der Waals surface area contributed by atoms with Crippen LogP contribution in [0.1, 0.15) is 30.6 Å². The van der Waals surface area contributed by atoms with Crippen molar-refractivity contribution in [3.8, 4) is 0 Å². The maximum atomic E-state index is 11.9. The second kappa shape index (κ2) is 6.24. The molecule has 1 N–H and O–H groups in total. The lowest BCUT2D eigenvalue weighted by atomic mass is 10.1. The van der Waals surface area contributed by atoms with E-state index >= 15 is 0 Å². The normalized spacial score (nSPS) is 12.5. The number of rotatable bonds is 5. The van der Waals surface area contributed by atoms with Gasteiger partial charge in [-0.1, -0.05) is 30.1 Å². The summed E-state index contributed by atoms with van der Waals surface area (Å²) >= 11 is 11.7. The van der Waals surface area contributed by atoms with Crippen LogP contribution in [0, 0.1) is 0 Å². The summed E-state index contributed by atoms with van der Waals surface area (Å²) in [4.78, 5) is 11.9. The molecule has 0 bridgehead atoms. The van der Waals surface area contributed by atoms with Crippen molar-refractivity contribution in [2.75, 3.05) is 6.54 Å². The second-order valence-electron chi connectivity index (χ2n) is 3.67. The molecule has 0 heterocycles. The summed E-state index contributed by atoms with van der Waals surface area (Å²) in [5.74, 6) is 0.0343. The Morgan fingerprint density at radius 1 is 1.38 bits per heavy atom. The highest BCUT2D eigenvalue weighted by Crippen LogP contribution is 2.23. The van der Waals surface area contributed by atoms with E-state index in [9.17, 15) is 4.79 Å². The predicted octanol–water partition coefficient (Wildman–Crippen LogP) is 3.56. The number of benzene rings is 1. The molecule has 0 saturated heterocycles. The largest absolute Gasteiger partial charge is 0.307 e. The molecule has 1 unspecified atom stereocenters. The van der Waals surface area contributed by atoms with Crippen LogP contribution in [0.15, 0.2) is 18.2 Å². The number of carbonyl (C=O) groups excluding carboxylic acids is 1. The van der Waals surface area contributed by atoms with Crippen LogP contribution >= 0.6 is 23.2 Å². The highest BCUT2D eigenvalue weighted by molar-refractivity contribution is 6.42. The Morgan fingerprint density at radius 2 is 2.06 bits per heavy atom. The van der Waals surface area contributed by atoms with Crippen LogP contribution in [0.5, 0.6) is 0 Å². The van der Waals surface area contributed by atoms with Crippen molar-refractivity contribution in [3.63, 3.8) is 0 Å². The molecule has 1 rings (SSSR count). The fourth-order valence-electron chi connectivity index (χ4n) is 1.35. The molecular formula is C12H15Cl2NO. The van der Waals surface area contributed by atoms with Crippen molar-refractivity contribution < 1.29 is 4.79 Å². The van der Waals surface area contributed by atoms with Gasteiger partial charge in [0.05, 0.1) is 16.1 Å². The van der Waals surface area contributed by atoms with E-state index in [-0.39, 0.29) is 11.8 Å². The first kappa shape index (κ1) is 13.5. The summed E-state index contributed by atoms with van der Waals surface area (Å²) in [5.41, 5.74) is 0.588. The molecule has 2 nitrogen and oxygen atoms in total. The van der Waals surface area contributed by atoms with Gasteiger partial charge in [-0.3, -0.25) is 4.79 Å². The molecule has 1 aromatic carbocycles. The average Bonchev–Trinajstić information content (AvgIpc) is 2.28. The van der Waals surface area contributed by atoms with Gasteiger partial charge >= 0.3 is 0 Å². The summed E-state index contributed by atoms with van der Waals surface area (Å²) in [6.07, 6.45) is 0.999. The van der Waals surface area contributed by atoms with Crippen molar-refractivity contribution in [1.29, 1.82) is 0 Å². The first-order valence-electron chi connectivity index (χ1n) is 5.29. The minimum absolute atomic E-state index is 0.0343. The number of ketones is 1. The minimum atomic E-state index is -0.197. The van der Waals surface area contributed by atoms with E-state index in [1.807, 2.05) is 6.92 Å². The van der Waals surface area contributed by atoms with Crippen LogP contribution < -0.4 is 5.32 Å². The second-order valence-corrected chi connectivity index (χ2v) is 4.48. The lowest BCUT2D eigenvalue weighted by Crippen LogP contribution is -2.34. The van der Waals surface area contributed by atoms with Gasteiger partial charge in [-0.05, 0) is 38.1 Å². The SMILES string of the molecule is CCCNC(C)C(=O)c1ccc(Cl)c(Cl)c1. The molecule has 1 atom stereocenters. The van der Waals surface area contributed by atoms with Gasteiger partial charge in [0, 0.05) is 5.56 Å². The summed E-state index contributed by atoms with van der Waals surface area (Å²) in [6.45, 7) is 4.73. The predicted molar refractivity (Wildman–Crippen MR) is 68.5 cm³/mol. The Bertz CT molecular complexity index is 379. The first-order valence-corrected chi connectivity index (χ1v) is 6.04. The van der Waals surface area contributed by atoms with Crippen LogP contribution in [0.2, 0.25) is 10.0 Å². The summed E-state index contributed by atoms with van der Waals surface area (Å²) in [6, 6.07) is 4.75. The molecule has 16 heavy (non-hydrogen) atoms. The lowest BCUT2D eigenvalue weighted by Gasteiger charge is -2.12. The van der Waals surface area contributed by atoms with E-state index in [4.69, 9.17) is 23.2 Å². The van der Waals surface area contributed by atoms with E-state index in [1.165, 1.54) is 0 Å². The molecule has 0 aromatic heterocycles. The molecule has 0 radical (unpaired) electrons. The third kappa shape index (κ3) is 3.48. The van der Waals surface area contributed by atoms with Gasteiger partial charge in [0.25, 0.3) is 0 Å². The Hall–Kier alpha value is -0.570. The monoisotopic (exact) mass is 259 g/mol. The van der Waals surface area contributed by atoms with Crippen molar-refractivity contribution in [2.24, 2.45) is 0 Å². The van der Waals surface area contributed by atoms with Crippen LogP contribution in [-0.4, -0.2) is 18.4 Å². The van der Waals surface area contributed by atoms with Crippen molar-refractivity contribution in [3.05, 3.63) is 33.8 Å². The fraction of sp³-hybridized carbons (Fsp3) is 0.417. The number of carbonyl (C=O) groups is 1. The van der Waals surface area contributed by atoms with Gasteiger partial charge in [0.2, 0.25) is 0 Å². The molecule has 0 saturated carbocycles. The molecule has 0 aliphatic heterocycles. The molecule has 0 amide bonds. The quantitative estimate of drug-likeness (QED) is 0.820. The smallest absolute Gasteiger partial charge is 0.179 e. The molecule has 0 aliphatic carbocycles. The molecule has 4 heteroatoms. The standard InChI is InChI=1S/C12H15Cl2NO/c1-3-6-15-8(2)12(16)9-4-5-10(13)11(14)7-9/h4-5,7-8,15H,3,6H2,1-2H3. The van der Waals surface area contributed by atoms with Crippen LogP contribution in [0.25, 0.3) is 0 Å². The van der Waals surface area contributed by atoms with E-state index in [2.05, 4.69) is 12.2 Å². The summed E-state index contributed by atoms with van der Waals surface area (Å²) in [7, 11) is 0. The van der Waals surface area contributed by atoms with Gasteiger partial charge in [0.1, 0.15) is 0 Å². The van der Waals surface area contributed by atoms with Gasteiger partial charge < -0.3 is 5.32 Å². The zero-order valence-corrected chi connectivity index (χ0v) is 10.9. The molecule has 1 aromatic rings. The number of hydrogen-bond acceptors (Lipinski definition) is 2. The zero-order chi connectivity index (χ0) is 12.1. The maximum absolute atomic E-state index is 11.9. The van der Waals surface area contributed by atoms with Crippen molar-refractivity contribution in [1.82, 2.24) is 5.32 Å². The Kier molecular flexibility index (Phi) is 5.26. The minimum Gasteiger partial charge on any atom is -0.307 e. The highest BCUT2D eigenvalue weighted by atomic mass is 35.5. The van der Waals surface area contributed by atoms with E-state index < -0.39 is 0 Å². The zero-order valence-electron chi connectivity index (χ0n) is 9.39. The summed E-state index contributed by atoms with van der Waals surface area (Å²) in [5, 5.41) is 4.02. The van der Waals surface area contributed by atoms with E-state index in [1.54, 1.807) is 18.2 Å². The van der Waals surface area contributed by atoms with Crippen LogP contribution in [-0.2, 0) is 0 Å². The third-order valence-corrected chi connectivity index (χ3v) is 3.04. The number of halogens is 2. The molecule has 0 aliphatic rings. The lowest BCUT2D eigenvalue weighted by molar-refractivity contribution is 0.0951. The van der Waals surface area contributed by atoms with Gasteiger partial charge in [-0.2, -0.15) is 0 Å². The molecule has 88 valence electrons. The molecule has 0 fully saturated rings. The molecule has 0 spiro atoms. The number of Topliss-reactive ketones (excluding diaryl/α,β-unsaturated/α-hetero) is 1. The third-order valence-electron chi connectivity index (χ3n) is 2.30. The fourth-order valence-corrected chi connectivity index (χ4v) is 1.65. The van der Waals surface area contributed by atoms with Crippen molar-refractivity contribution in [2.45, 2.75) is 26.3 Å². The van der Waals surface area contributed by atoms with Gasteiger partial charge in [0.15, 0.2) is 5.78 Å². The average molecular weight is 260 g/mol. The number of hydrogen-bond donors (Lipinski definition) is 1. The van der Waals surface area contributed by atoms with Crippen molar-refractivity contribution >= 4 is 29.0 Å². The maximum Gasteiger partial charge on any atom is 0.179 e. The Balaban J connectivity index is 2.76. The molecular weight excluding hydrogens is 245 g/mol. The Morgan fingerprint density at radius 3 is 2.62 bits per heavy atom. The van der Waals surface area contributed by atoms with E-state index in [0.29, 0.717) is 15.6 Å². The van der Waals surface area contributed by atoms with Crippen LogP contribution in [0.4, 0.5) is 0 Å². The first-order chi connectivity index (χ1) is 7.56. The van der Waals surface area contributed by atoms with Gasteiger partial charge in [-0.15, -0.1) is 0 Å². The Labute approximate surface area is 106 Å². The summed E-state index contributed by atoms with van der Waals surface area (Å²) < 4.78 is 0.